The van der Waals surface area contributed by atoms with Crippen molar-refractivity contribution in [3.05, 3.63) is 0 Å². The second-order valence-electron chi connectivity index (χ2n) is 5.86. The fraction of sp³-hybridized carbons (Fsp3) is 0.933. The number of hydrogen-bond acceptors (Lipinski definition) is 3. The van der Waals surface area contributed by atoms with E-state index in [0.717, 1.165) is 45.5 Å². The van der Waals surface area contributed by atoms with Crippen LogP contribution in [-0.4, -0.2) is 49.2 Å². The number of likely N-dealkylation sites (tertiary alicyclic amines) is 1. The first kappa shape index (κ1) is 14.8. The van der Waals surface area contributed by atoms with E-state index < -0.39 is 0 Å². The Morgan fingerprint density at radius 1 is 1.21 bits per heavy atom. The highest BCUT2D eigenvalue weighted by Gasteiger charge is 2.22. The zero-order chi connectivity index (χ0) is 13.5. The number of ether oxygens (including phenoxy) is 1. The lowest BCUT2D eigenvalue weighted by Crippen LogP contribution is -2.47. The van der Waals surface area contributed by atoms with E-state index in [1.165, 1.54) is 25.7 Å². The SMILES string of the molecule is CC(NCC1CCCCO1)C(=O)N1CCCCCC1. The van der Waals surface area contributed by atoms with Crippen molar-refractivity contribution >= 4 is 5.91 Å². The molecule has 110 valence electrons. The van der Waals surface area contributed by atoms with Gasteiger partial charge in [0.2, 0.25) is 5.91 Å². The number of rotatable bonds is 4. The summed E-state index contributed by atoms with van der Waals surface area (Å²) in [6.45, 7) is 5.53. The third-order valence-electron chi connectivity index (χ3n) is 4.21. The summed E-state index contributed by atoms with van der Waals surface area (Å²) in [6, 6.07) is -0.0800. The molecule has 1 N–H and O–H groups in total. The normalized spacial score (nSPS) is 26.8. The Hall–Kier alpha value is -0.610. The Kier molecular flexibility index (Phi) is 6.11. The summed E-state index contributed by atoms with van der Waals surface area (Å²) in [5.41, 5.74) is 0. The van der Waals surface area contributed by atoms with Crippen LogP contribution >= 0.6 is 0 Å². The van der Waals surface area contributed by atoms with Gasteiger partial charge in [-0.15, -0.1) is 0 Å². The minimum absolute atomic E-state index is 0.0800. The molecule has 2 saturated heterocycles. The summed E-state index contributed by atoms with van der Waals surface area (Å²) < 4.78 is 5.69. The average Bonchev–Trinajstić information content (AvgIpc) is 2.74. The molecule has 0 spiro atoms. The average molecular weight is 268 g/mol. The van der Waals surface area contributed by atoms with Gasteiger partial charge in [-0.25, -0.2) is 0 Å². The van der Waals surface area contributed by atoms with Gasteiger partial charge in [0.15, 0.2) is 0 Å². The van der Waals surface area contributed by atoms with E-state index in [1.807, 2.05) is 11.8 Å². The standard InChI is InChI=1S/C15H28N2O2/c1-13(16-12-14-8-4-7-11-19-14)15(18)17-9-5-2-3-6-10-17/h13-14,16H,2-12H2,1H3. The van der Waals surface area contributed by atoms with E-state index in [9.17, 15) is 4.79 Å². The van der Waals surface area contributed by atoms with Crippen LogP contribution in [-0.2, 0) is 9.53 Å². The fourth-order valence-electron chi connectivity index (χ4n) is 2.93. The van der Waals surface area contributed by atoms with Crippen molar-refractivity contribution in [2.24, 2.45) is 0 Å². The van der Waals surface area contributed by atoms with Gasteiger partial charge in [-0.05, 0) is 39.0 Å². The van der Waals surface area contributed by atoms with E-state index in [0.29, 0.717) is 6.10 Å². The highest BCUT2D eigenvalue weighted by molar-refractivity contribution is 5.81. The van der Waals surface area contributed by atoms with Gasteiger partial charge in [-0.1, -0.05) is 12.8 Å². The Bertz CT molecular complexity index is 269. The molecule has 0 bridgehead atoms. The zero-order valence-electron chi connectivity index (χ0n) is 12.2. The maximum absolute atomic E-state index is 12.3. The van der Waals surface area contributed by atoms with Crippen molar-refractivity contribution in [1.82, 2.24) is 10.2 Å². The minimum atomic E-state index is -0.0800. The molecule has 2 heterocycles. The first-order valence-corrected chi connectivity index (χ1v) is 7.91. The van der Waals surface area contributed by atoms with Crippen LogP contribution in [0.4, 0.5) is 0 Å². The summed E-state index contributed by atoms with van der Waals surface area (Å²) >= 11 is 0. The van der Waals surface area contributed by atoms with Crippen molar-refractivity contribution in [2.75, 3.05) is 26.2 Å². The van der Waals surface area contributed by atoms with Crippen molar-refractivity contribution in [1.29, 1.82) is 0 Å². The van der Waals surface area contributed by atoms with Gasteiger partial charge in [0.05, 0.1) is 12.1 Å². The molecule has 2 aliphatic heterocycles. The topological polar surface area (TPSA) is 41.6 Å². The summed E-state index contributed by atoms with van der Waals surface area (Å²) in [6.07, 6.45) is 8.70. The van der Waals surface area contributed by atoms with E-state index in [1.54, 1.807) is 0 Å². The highest BCUT2D eigenvalue weighted by atomic mass is 16.5. The molecule has 0 aromatic rings. The van der Waals surface area contributed by atoms with Crippen LogP contribution in [0.25, 0.3) is 0 Å². The number of nitrogens with one attached hydrogen (secondary N) is 1. The maximum atomic E-state index is 12.3. The Balaban J connectivity index is 1.71. The smallest absolute Gasteiger partial charge is 0.239 e. The number of nitrogens with zero attached hydrogens (tertiary/aromatic N) is 1. The summed E-state index contributed by atoms with van der Waals surface area (Å²) in [5.74, 6) is 0.262. The molecule has 19 heavy (non-hydrogen) atoms. The van der Waals surface area contributed by atoms with Gasteiger partial charge in [-0.3, -0.25) is 4.79 Å². The lowest BCUT2D eigenvalue weighted by molar-refractivity contribution is -0.133. The molecule has 2 rings (SSSR count). The van der Waals surface area contributed by atoms with Crippen LogP contribution < -0.4 is 5.32 Å². The summed E-state index contributed by atoms with van der Waals surface area (Å²) in [4.78, 5) is 14.4. The van der Waals surface area contributed by atoms with E-state index in [-0.39, 0.29) is 11.9 Å². The maximum Gasteiger partial charge on any atom is 0.239 e. The monoisotopic (exact) mass is 268 g/mol. The van der Waals surface area contributed by atoms with Gasteiger partial charge in [-0.2, -0.15) is 0 Å². The first-order chi connectivity index (χ1) is 9.27. The van der Waals surface area contributed by atoms with Crippen molar-refractivity contribution < 1.29 is 9.53 Å². The Labute approximate surface area is 116 Å². The highest BCUT2D eigenvalue weighted by Crippen LogP contribution is 2.13. The second kappa shape index (κ2) is 7.85. The predicted molar refractivity (Wildman–Crippen MR) is 76.1 cm³/mol. The van der Waals surface area contributed by atoms with Crippen LogP contribution in [0.5, 0.6) is 0 Å². The molecule has 2 aliphatic rings. The molecule has 2 atom stereocenters. The molecule has 1 amide bonds. The summed E-state index contributed by atoms with van der Waals surface area (Å²) in [7, 11) is 0. The van der Waals surface area contributed by atoms with Gasteiger partial charge < -0.3 is 15.0 Å². The van der Waals surface area contributed by atoms with Gasteiger partial charge in [0.1, 0.15) is 0 Å². The zero-order valence-corrected chi connectivity index (χ0v) is 12.2. The van der Waals surface area contributed by atoms with Crippen LogP contribution in [0, 0.1) is 0 Å². The predicted octanol–water partition coefficient (Wildman–Crippen LogP) is 1.94. The second-order valence-corrected chi connectivity index (χ2v) is 5.86. The van der Waals surface area contributed by atoms with Crippen molar-refractivity contribution in [2.45, 2.75) is 64.0 Å². The number of amides is 1. The molecular formula is C15H28N2O2. The molecule has 2 unspecified atom stereocenters. The van der Waals surface area contributed by atoms with Gasteiger partial charge in [0.25, 0.3) is 0 Å². The first-order valence-electron chi connectivity index (χ1n) is 7.91. The van der Waals surface area contributed by atoms with Gasteiger partial charge in [0, 0.05) is 26.2 Å². The van der Waals surface area contributed by atoms with Crippen molar-refractivity contribution in [3.63, 3.8) is 0 Å². The number of carbonyl (C=O) groups is 1. The lowest BCUT2D eigenvalue weighted by Gasteiger charge is -2.27. The van der Waals surface area contributed by atoms with Crippen LogP contribution in [0.3, 0.4) is 0 Å². The molecule has 2 fully saturated rings. The molecule has 0 radical (unpaired) electrons. The number of hydrogen-bond donors (Lipinski definition) is 1. The van der Waals surface area contributed by atoms with E-state index >= 15 is 0 Å². The fourth-order valence-corrected chi connectivity index (χ4v) is 2.93. The minimum Gasteiger partial charge on any atom is -0.377 e. The third kappa shape index (κ3) is 4.77. The molecule has 4 heteroatoms. The van der Waals surface area contributed by atoms with E-state index in [2.05, 4.69) is 5.32 Å². The molecule has 0 aromatic heterocycles. The Morgan fingerprint density at radius 3 is 2.58 bits per heavy atom. The quantitative estimate of drug-likeness (QED) is 0.847. The molecule has 4 nitrogen and oxygen atoms in total. The van der Waals surface area contributed by atoms with E-state index in [4.69, 9.17) is 4.74 Å². The number of carbonyl (C=O) groups excluding carboxylic acids is 1. The van der Waals surface area contributed by atoms with Crippen LogP contribution in [0.15, 0.2) is 0 Å². The molecule has 0 aliphatic carbocycles. The largest absolute Gasteiger partial charge is 0.377 e. The molecular weight excluding hydrogens is 240 g/mol. The molecule has 0 aromatic carbocycles. The molecule has 0 saturated carbocycles. The van der Waals surface area contributed by atoms with Crippen LogP contribution in [0.1, 0.15) is 51.9 Å². The summed E-state index contributed by atoms with van der Waals surface area (Å²) in [5, 5.41) is 3.35. The Morgan fingerprint density at radius 2 is 1.95 bits per heavy atom. The third-order valence-corrected chi connectivity index (χ3v) is 4.21. The van der Waals surface area contributed by atoms with Crippen LogP contribution in [0.2, 0.25) is 0 Å². The van der Waals surface area contributed by atoms with Gasteiger partial charge >= 0.3 is 0 Å². The van der Waals surface area contributed by atoms with Crippen molar-refractivity contribution in [3.8, 4) is 0 Å². The lowest BCUT2D eigenvalue weighted by atomic mass is 10.1.